The van der Waals surface area contributed by atoms with Crippen LogP contribution in [0.3, 0.4) is 0 Å². The average molecular weight is 249 g/mol. The Bertz CT molecular complexity index is 381. The second-order valence-corrected chi connectivity index (χ2v) is 5.55. The van der Waals surface area contributed by atoms with Crippen molar-refractivity contribution >= 4 is 5.97 Å². The first kappa shape index (κ1) is 14.7. The molecule has 0 saturated carbocycles. The molecule has 1 unspecified atom stereocenters. The van der Waals surface area contributed by atoms with Gasteiger partial charge < -0.3 is 4.74 Å². The van der Waals surface area contributed by atoms with Crippen LogP contribution >= 0.6 is 0 Å². The van der Waals surface area contributed by atoms with Crippen LogP contribution in [0.15, 0.2) is 30.3 Å². The van der Waals surface area contributed by atoms with Gasteiger partial charge in [-0.05, 0) is 40.2 Å². The Hall–Kier alpha value is -1.35. The number of nitrogens with one attached hydrogen (secondary N) is 1. The molecule has 0 bridgehead atoms. The number of ether oxygens (including phenoxy) is 1. The minimum absolute atomic E-state index is 0.119. The van der Waals surface area contributed by atoms with Gasteiger partial charge in [-0.3, -0.25) is 10.1 Å². The summed E-state index contributed by atoms with van der Waals surface area (Å²) in [6.45, 7) is 9.48. The summed E-state index contributed by atoms with van der Waals surface area (Å²) in [5, 5.41) is 3.24. The molecular formula is C15H23NO2. The molecule has 100 valence electrons. The van der Waals surface area contributed by atoms with Gasteiger partial charge in [0.2, 0.25) is 0 Å². The van der Waals surface area contributed by atoms with Crippen molar-refractivity contribution in [3.05, 3.63) is 35.9 Å². The van der Waals surface area contributed by atoms with Crippen LogP contribution in [0.4, 0.5) is 0 Å². The Kier molecular flexibility index (Phi) is 4.91. The van der Waals surface area contributed by atoms with Crippen molar-refractivity contribution in [3.63, 3.8) is 0 Å². The summed E-state index contributed by atoms with van der Waals surface area (Å²) < 4.78 is 5.33. The van der Waals surface area contributed by atoms with Crippen LogP contribution in [0.2, 0.25) is 0 Å². The van der Waals surface area contributed by atoms with Gasteiger partial charge in [0.15, 0.2) is 0 Å². The third-order valence-electron chi connectivity index (χ3n) is 2.56. The molecule has 3 nitrogen and oxygen atoms in total. The molecule has 3 heteroatoms. The van der Waals surface area contributed by atoms with Crippen molar-refractivity contribution in [2.45, 2.75) is 52.3 Å². The van der Waals surface area contributed by atoms with Crippen LogP contribution < -0.4 is 5.32 Å². The highest BCUT2D eigenvalue weighted by Crippen LogP contribution is 2.14. The van der Waals surface area contributed by atoms with Crippen molar-refractivity contribution in [1.29, 1.82) is 0 Å². The Morgan fingerprint density at radius 2 is 1.72 bits per heavy atom. The summed E-state index contributed by atoms with van der Waals surface area (Å²) in [5.41, 5.74) is 0.719. The maximum atomic E-state index is 11.8. The van der Waals surface area contributed by atoms with Crippen LogP contribution in [0.25, 0.3) is 0 Å². The highest BCUT2D eigenvalue weighted by molar-refractivity contribution is 5.75. The van der Waals surface area contributed by atoms with Crippen molar-refractivity contribution in [2.24, 2.45) is 0 Å². The number of benzene rings is 1. The number of rotatable bonds is 4. The summed E-state index contributed by atoms with van der Waals surface area (Å²) in [5.74, 6) is -0.217. The molecule has 0 saturated heterocycles. The van der Waals surface area contributed by atoms with Crippen molar-refractivity contribution in [3.8, 4) is 0 Å². The summed E-state index contributed by atoms with van der Waals surface area (Å²) in [7, 11) is 0. The quantitative estimate of drug-likeness (QED) is 0.833. The van der Waals surface area contributed by atoms with Crippen LogP contribution in [0.5, 0.6) is 0 Å². The predicted molar refractivity (Wildman–Crippen MR) is 73.3 cm³/mol. The van der Waals surface area contributed by atoms with E-state index in [4.69, 9.17) is 4.74 Å². The highest BCUT2D eigenvalue weighted by Gasteiger charge is 2.22. The van der Waals surface area contributed by atoms with Crippen molar-refractivity contribution in [2.75, 3.05) is 0 Å². The van der Waals surface area contributed by atoms with Gasteiger partial charge in [0.25, 0.3) is 0 Å². The molecule has 1 N–H and O–H groups in total. The van der Waals surface area contributed by atoms with Crippen LogP contribution in [0, 0.1) is 0 Å². The van der Waals surface area contributed by atoms with E-state index in [1.54, 1.807) is 0 Å². The lowest BCUT2D eigenvalue weighted by Gasteiger charge is -2.24. The van der Waals surface area contributed by atoms with Gasteiger partial charge in [0, 0.05) is 6.04 Å². The molecule has 0 aliphatic carbocycles. The van der Waals surface area contributed by atoms with E-state index in [2.05, 4.69) is 5.32 Å². The summed E-state index contributed by atoms with van der Waals surface area (Å²) >= 11 is 0. The number of carbonyl (C=O) groups is 1. The van der Waals surface area contributed by atoms with E-state index in [-0.39, 0.29) is 18.1 Å². The lowest BCUT2D eigenvalue weighted by atomic mass is 10.1. The van der Waals surface area contributed by atoms with E-state index in [0.29, 0.717) is 0 Å². The lowest BCUT2D eigenvalue weighted by Crippen LogP contribution is -2.40. The highest BCUT2D eigenvalue weighted by atomic mass is 16.6. The average Bonchev–Trinajstić information content (AvgIpc) is 2.27. The van der Waals surface area contributed by atoms with Gasteiger partial charge in [0.05, 0.1) is 0 Å². The van der Waals surface area contributed by atoms with E-state index in [1.807, 2.05) is 65.0 Å². The fraction of sp³-hybridized carbons (Fsp3) is 0.533. The number of hydrogen-bond acceptors (Lipinski definition) is 3. The Balaban J connectivity index is 2.55. The first-order valence-electron chi connectivity index (χ1n) is 6.33. The molecule has 0 spiro atoms. The normalized spacial score (nSPS) is 14.9. The van der Waals surface area contributed by atoms with Gasteiger partial charge in [-0.15, -0.1) is 0 Å². The van der Waals surface area contributed by atoms with Crippen LogP contribution in [-0.4, -0.2) is 17.6 Å². The summed E-state index contributed by atoms with van der Waals surface area (Å²) in [6.07, 6.45) is 0. The summed E-state index contributed by atoms with van der Waals surface area (Å²) in [4.78, 5) is 11.8. The van der Waals surface area contributed by atoms with Gasteiger partial charge >= 0.3 is 5.97 Å². The summed E-state index contributed by atoms with van der Waals surface area (Å²) in [6, 6.07) is 9.84. The molecule has 0 fully saturated rings. The van der Waals surface area contributed by atoms with Gasteiger partial charge in [-0.1, -0.05) is 30.3 Å². The molecule has 1 aromatic carbocycles. The maximum Gasteiger partial charge on any atom is 0.323 e. The smallest absolute Gasteiger partial charge is 0.323 e. The number of hydrogen-bond donors (Lipinski definition) is 1. The molecule has 0 aliphatic rings. The molecule has 0 aromatic heterocycles. The van der Waals surface area contributed by atoms with Crippen LogP contribution in [-0.2, 0) is 9.53 Å². The molecular weight excluding hydrogens is 226 g/mol. The standard InChI is InChI=1S/C15H23NO2/c1-11(13-9-7-6-8-10-13)16-12(2)14(17)18-15(3,4)5/h6-12,16H,1-5H3/t11-,12?/m1/s1. The zero-order chi connectivity index (χ0) is 13.8. The molecule has 0 amide bonds. The fourth-order valence-corrected chi connectivity index (χ4v) is 1.67. The molecule has 0 aliphatic heterocycles. The topological polar surface area (TPSA) is 38.3 Å². The lowest BCUT2D eigenvalue weighted by molar-refractivity contribution is -0.157. The number of carbonyl (C=O) groups excluding carboxylic acids is 1. The van der Waals surface area contributed by atoms with Crippen molar-refractivity contribution in [1.82, 2.24) is 5.32 Å². The Labute approximate surface area is 110 Å². The molecule has 2 atom stereocenters. The van der Waals surface area contributed by atoms with E-state index in [0.717, 1.165) is 5.56 Å². The first-order chi connectivity index (χ1) is 8.29. The van der Waals surface area contributed by atoms with Crippen LogP contribution in [0.1, 0.15) is 46.2 Å². The number of esters is 1. The first-order valence-corrected chi connectivity index (χ1v) is 6.33. The molecule has 0 radical (unpaired) electrons. The van der Waals surface area contributed by atoms with Gasteiger partial charge in [-0.2, -0.15) is 0 Å². The molecule has 18 heavy (non-hydrogen) atoms. The minimum atomic E-state index is -0.441. The fourth-order valence-electron chi connectivity index (χ4n) is 1.67. The van der Waals surface area contributed by atoms with E-state index < -0.39 is 5.60 Å². The minimum Gasteiger partial charge on any atom is -0.459 e. The third-order valence-corrected chi connectivity index (χ3v) is 2.56. The van der Waals surface area contributed by atoms with Gasteiger partial charge in [-0.25, -0.2) is 0 Å². The van der Waals surface area contributed by atoms with Gasteiger partial charge in [0.1, 0.15) is 11.6 Å². The Morgan fingerprint density at radius 3 is 2.22 bits per heavy atom. The molecule has 1 aromatic rings. The largest absolute Gasteiger partial charge is 0.459 e. The second kappa shape index (κ2) is 6.01. The van der Waals surface area contributed by atoms with E-state index in [1.165, 1.54) is 0 Å². The molecule has 0 heterocycles. The maximum absolute atomic E-state index is 11.8. The van der Waals surface area contributed by atoms with E-state index >= 15 is 0 Å². The predicted octanol–water partition coefficient (Wildman–Crippen LogP) is 3.07. The SMILES string of the molecule is CC(N[C@H](C)c1ccccc1)C(=O)OC(C)(C)C. The zero-order valence-corrected chi connectivity index (χ0v) is 11.9. The van der Waals surface area contributed by atoms with E-state index in [9.17, 15) is 4.79 Å². The Morgan fingerprint density at radius 1 is 1.17 bits per heavy atom. The molecule has 1 rings (SSSR count). The third kappa shape index (κ3) is 4.88. The monoisotopic (exact) mass is 249 g/mol. The second-order valence-electron chi connectivity index (χ2n) is 5.55. The zero-order valence-electron chi connectivity index (χ0n) is 11.9. The van der Waals surface area contributed by atoms with Crippen molar-refractivity contribution < 1.29 is 9.53 Å².